The number of nitrogens with two attached hydrogens (primary N) is 1. The summed E-state index contributed by atoms with van der Waals surface area (Å²) in [7, 11) is 0. The Labute approximate surface area is 64.1 Å². The first-order chi connectivity index (χ1) is 5.20. The highest BCUT2D eigenvalue weighted by molar-refractivity contribution is 5.64. The van der Waals surface area contributed by atoms with Crippen LogP contribution < -0.4 is 5.73 Å². The highest BCUT2D eigenvalue weighted by Crippen LogP contribution is 2.10. The normalized spacial score (nSPS) is 31.4. The van der Waals surface area contributed by atoms with Crippen molar-refractivity contribution in [1.29, 1.82) is 0 Å². The van der Waals surface area contributed by atoms with E-state index in [-0.39, 0.29) is 6.61 Å². The number of aliphatic hydroxyl groups is 1. The third-order valence-corrected chi connectivity index (χ3v) is 1.53. The fourth-order valence-corrected chi connectivity index (χ4v) is 0.990. The molecule has 0 unspecified atom stereocenters. The van der Waals surface area contributed by atoms with Gasteiger partial charge in [-0.3, -0.25) is 0 Å². The molecule has 0 radical (unpaired) electrons. The molecule has 3 N–H and O–H groups in total. The molecule has 0 aromatic heterocycles. The van der Waals surface area contributed by atoms with Crippen molar-refractivity contribution in [1.82, 2.24) is 0 Å². The van der Waals surface area contributed by atoms with E-state index in [2.05, 4.69) is 4.74 Å². The van der Waals surface area contributed by atoms with Gasteiger partial charge in [0.1, 0.15) is 12.2 Å². The van der Waals surface area contributed by atoms with Crippen LogP contribution in [0.4, 0.5) is 4.79 Å². The Hall–Kier alpha value is -0.810. The Morgan fingerprint density at radius 1 is 1.73 bits per heavy atom. The number of carbonyl (C=O) groups is 1. The number of ether oxygens (including phenoxy) is 2. The molecule has 0 saturated carbocycles. The molecule has 5 heteroatoms. The van der Waals surface area contributed by atoms with Gasteiger partial charge in [-0.2, -0.15) is 0 Å². The monoisotopic (exact) mass is 161 g/mol. The lowest BCUT2D eigenvalue weighted by molar-refractivity contribution is -0.0874. The van der Waals surface area contributed by atoms with Crippen molar-refractivity contribution < 1.29 is 19.4 Å². The average Bonchev–Trinajstić information content (AvgIpc) is 1.93. The number of carbonyl (C=O) groups excluding carboxylic acids is 1. The first-order valence-corrected chi connectivity index (χ1v) is 3.42. The van der Waals surface area contributed by atoms with Gasteiger partial charge >= 0.3 is 6.09 Å². The van der Waals surface area contributed by atoms with Gasteiger partial charge in [0.2, 0.25) is 0 Å². The van der Waals surface area contributed by atoms with Crippen LogP contribution in [-0.2, 0) is 9.47 Å². The second-order valence-electron chi connectivity index (χ2n) is 2.41. The Morgan fingerprint density at radius 2 is 2.45 bits per heavy atom. The number of amides is 1. The predicted octanol–water partition coefficient (Wildman–Crippen LogP) is -0.768. The van der Waals surface area contributed by atoms with Crippen LogP contribution in [0.2, 0.25) is 0 Å². The van der Waals surface area contributed by atoms with E-state index in [1.54, 1.807) is 0 Å². The van der Waals surface area contributed by atoms with Crippen LogP contribution in [0.5, 0.6) is 0 Å². The summed E-state index contributed by atoms with van der Waals surface area (Å²) in [6, 6.07) is 0. The number of hydrogen-bond donors (Lipinski definition) is 2. The zero-order valence-electron chi connectivity index (χ0n) is 6.03. The van der Waals surface area contributed by atoms with Crippen molar-refractivity contribution in [3.8, 4) is 0 Å². The molecule has 1 aliphatic rings. The van der Waals surface area contributed by atoms with Gasteiger partial charge in [-0.1, -0.05) is 0 Å². The minimum absolute atomic E-state index is 0.206. The van der Waals surface area contributed by atoms with Crippen LogP contribution in [0.25, 0.3) is 0 Å². The van der Waals surface area contributed by atoms with Gasteiger partial charge in [0.05, 0.1) is 13.2 Å². The molecule has 0 aromatic carbocycles. The number of rotatable bonds is 1. The lowest BCUT2D eigenvalue weighted by Crippen LogP contribution is -2.40. The summed E-state index contributed by atoms with van der Waals surface area (Å²) in [6.07, 6.45) is -1.59. The van der Waals surface area contributed by atoms with Crippen LogP contribution in [0.1, 0.15) is 6.42 Å². The van der Waals surface area contributed by atoms with E-state index in [1.807, 2.05) is 0 Å². The van der Waals surface area contributed by atoms with Crippen LogP contribution in [0, 0.1) is 0 Å². The van der Waals surface area contributed by atoms with Gasteiger partial charge in [-0.05, 0) is 0 Å². The summed E-state index contributed by atoms with van der Waals surface area (Å²) in [6.45, 7) is 0.701. The molecule has 1 heterocycles. The molecular formula is C6H11NO4. The molecule has 1 fully saturated rings. The van der Waals surface area contributed by atoms with Crippen LogP contribution in [-0.4, -0.2) is 36.6 Å². The first kappa shape index (κ1) is 8.29. The molecule has 0 aliphatic carbocycles. The maximum atomic E-state index is 10.3. The van der Waals surface area contributed by atoms with E-state index in [0.717, 1.165) is 0 Å². The maximum absolute atomic E-state index is 10.3. The van der Waals surface area contributed by atoms with Crippen molar-refractivity contribution in [2.45, 2.75) is 18.6 Å². The average molecular weight is 161 g/mol. The van der Waals surface area contributed by atoms with Crippen molar-refractivity contribution in [3.05, 3.63) is 0 Å². The lowest BCUT2D eigenvalue weighted by Gasteiger charge is -2.26. The molecule has 1 rings (SSSR count). The topological polar surface area (TPSA) is 81.8 Å². The highest BCUT2D eigenvalue weighted by atomic mass is 16.6. The predicted molar refractivity (Wildman–Crippen MR) is 35.9 cm³/mol. The van der Waals surface area contributed by atoms with Crippen molar-refractivity contribution in [2.75, 3.05) is 13.2 Å². The molecule has 1 aliphatic heterocycles. The Morgan fingerprint density at radius 3 is 3.00 bits per heavy atom. The molecule has 2 atom stereocenters. The minimum atomic E-state index is -0.851. The van der Waals surface area contributed by atoms with Gasteiger partial charge < -0.3 is 20.3 Å². The van der Waals surface area contributed by atoms with Gasteiger partial charge in [0.25, 0.3) is 0 Å². The van der Waals surface area contributed by atoms with Crippen LogP contribution in [0.3, 0.4) is 0 Å². The zero-order chi connectivity index (χ0) is 8.27. The molecule has 0 spiro atoms. The fourth-order valence-electron chi connectivity index (χ4n) is 0.990. The number of aliphatic hydroxyl groups excluding tert-OH is 1. The number of primary amides is 1. The summed E-state index contributed by atoms with van der Waals surface area (Å²) in [5, 5.41) is 9.16. The zero-order valence-corrected chi connectivity index (χ0v) is 6.03. The third kappa shape index (κ3) is 2.36. The van der Waals surface area contributed by atoms with Crippen molar-refractivity contribution >= 4 is 6.09 Å². The molecule has 1 saturated heterocycles. The van der Waals surface area contributed by atoms with Gasteiger partial charge in [-0.25, -0.2) is 4.79 Å². The van der Waals surface area contributed by atoms with E-state index < -0.39 is 18.3 Å². The largest absolute Gasteiger partial charge is 0.443 e. The standard InChI is InChI=1S/C6H11NO4/c7-6(9)11-5-1-2-10-3-4(5)8/h4-5,8H,1-3H2,(H2,7,9)/t4-,5-/m1/s1. The molecule has 64 valence electrons. The Balaban J connectivity index is 2.35. The smallest absolute Gasteiger partial charge is 0.404 e. The van der Waals surface area contributed by atoms with E-state index in [4.69, 9.17) is 15.6 Å². The molecular weight excluding hydrogens is 150 g/mol. The third-order valence-electron chi connectivity index (χ3n) is 1.53. The quantitative estimate of drug-likeness (QED) is 0.529. The summed E-state index contributed by atoms with van der Waals surface area (Å²) >= 11 is 0. The minimum Gasteiger partial charge on any atom is -0.443 e. The molecule has 0 aromatic rings. The molecule has 11 heavy (non-hydrogen) atoms. The SMILES string of the molecule is NC(=O)O[C@@H]1CCOC[C@H]1O. The van der Waals surface area contributed by atoms with E-state index in [9.17, 15) is 4.79 Å². The number of hydrogen-bond acceptors (Lipinski definition) is 4. The van der Waals surface area contributed by atoms with E-state index in [1.165, 1.54) is 0 Å². The second kappa shape index (κ2) is 3.54. The van der Waals surface area contributed by atoms with Gasteiger partial charge in [-0.15, -0.1) is 0 Å². The first-order valence-electron chi connectivity index (χ1n) is 3.42. The van der Waals surface area contributed by atoms with Crippen molar-refractivity contribution in [2.24, 2.45) is 5.73 Å². The lowest BCUT2D eigenvalue weighted by atomic mass is 10.1. The summed E-state index contributed by atoms with van der Waals surface area (Å²) in [4.78, 5) is 10.3. The Kier molecular flexibility index (Phi) is 2.67. The van der Waals surface area contributed by atoms with Crippen LogP contribution in [0.15, 0.2) is 0 Å². The van der Waals surface area contributed by atoms with Gasteiger partial charge in [0, 0.05) is 6.42 Å². The molecule has 5 nitrogen and oxygen atoms in total. The fraction of sp³-hybridized carbons (Fsp3) is 0.833. The second-order valence-corrected chi connectivity index (χ2v) is 2.41. The van der Waals surface area contributed by atoms with E-state index >= 15 is 0 Å². The van der Waals surface area contributed by atoms with E-state index in [0.29, 0.717) is 13.0 Å². The van der Waals surface area contributed by atoms with Crippen LogP contribution >= 0.6 is 0 Å². The summed E-state index contributed by atoms with van der Waals surface area (Å²) < 4.78 is 9.52. The highest BCUT2D eigenvalue weighted by Gasteiger charge is 2.26. The molecule has 0 bridgehead atoms. The Bertz CT molecular complexity index is 150. The van der Waals surface area contributed by atoms with Crippen molar-refractivity contribution in [3.63, 3.8) is 0 Å². The van der Waals surface area contributed by atoms with Gasteiger partial charge in [0.15, 0.2) is 0 Å². The summed E-state index contributed by atoms with van der Waals surface area (Å²) in [5.41, 5.74) is 4.77. The maximum Gasteiger partial charge on any atom is 0.404 e. The summed E-state index contributed by atoms with van der Waals surface area (Å²) in [5.74, 6) is 0. The molecule has 1 amide bonds.